The smallest absolute Gasteiger partial charge is 0.190 e. The van der Waals surface area contributed by atoms with Crippen LogP contribution >= 0.6 is 22.9 Å². The summed E-state index contributed by atoms with van der Waals surface area (Å²) in [6.45, 7) is 2.93. The van der Waals surface area contributed by atoms with Gasteiger partial charge >= 0.3 is 0 Å². The molecule has 5 heteroatoms. The first kappa shape index (κ1) is 14.9. The SMILES string of the molecule is CCn1c(-c2ccc(Cl)cc2)csc1=Nc1ccc(O)cc1. The summed E-state index contributed by atoms with van der Waals surface area (Å²) in [5.74, 6) is 0.246. The quantitative estimate of drug-likeness (QED) is 0.734. The van der Waals surface area contributed by atoms with E-state index >= 15 is 0 Å². The molecule has 0 aliphatic rings. The Morgan fingerprint density at radius 3 is 2.41 bits per heavy atom. The second-order valence-electron chi connectivity index (χ2n) is 4.78. The van der Waals surface area contributed by atoms with Crippen molar-refractivity contribution in [1.82, 2.24) is 4.57 Å². The fourth-order valence-corrected chi connectivity index (χ4v) is 3.33. The Kier molecular flexibility index (Phi) is 4.32. The third kappa shape index (κ3) is 3.08. The topological polar surface area (TPSA) is 37.5 Å². The van der Waals surface area contributed by atoms with Crippen LogP contribution in [-0.2, 0) is 6.54 Å². The molecule has 3 nitrogen and oxygen atoms in total. The van der Waals surface area contributed by atoms with E-state index in [0.717, 1.165) is 33.3 Å². The summed E-state index contributed by atoms with van der Waals surface area (Å²) in [4.78, 5) is 5.59. The summed E-state index contributed by atoms with van der Waals surface area (Å²) in [6.07, 6.45) is 0. The molecule has 112 valence electrons. The van der Waals surface area contributed by atoms with E-state index in [2.05, 4.69) is 21.9 Å². The fraction of sp³-hybridized carbons (Fsp3) is 0.118. The van der Waals surface area contributed by atoms with Gasteiger partial charge in [-0.3, -0.25) is 0 Å². The average molecular weight is 331 g/mol. The number of aromatic hydroxyl groups is 1. The molecule has 0 aliphatic carbocycles. The highest BCUT2D eigenvalue weighted by Gasteiger charge is 2.06. The van der Waals surface area contributed by atoms with Gasteiger partial charge in [-0.25, -0.2) is 4.99 Å². The molecule has 22 heavy (non-hydrogen) atoms. The van der Waals surface area contributed by atoms with Crippen LogP contribution in [0.1, 0.15) is 6.92 Å². The van der Waals surface area contributed by atoms with Crippen molar-refractivity contribution < 1.29 is 5.11 Å². The number of phenolic OH excluding ortho intramolecular Hbond substituents is 1. The standard InChI is InChI=1S/C17H15ClN2OS/c1-2-20-16(12-3-5-13(18)6-4-12)11-22-17(20)19-14-7-9-15(21)10-8-14/h3-11,21H,2H2,1H3. The van der Waals surface area contributed by atoms with Crippen molar-refractivity contribution >= 4 is 28.6 Å². The monoisotopic (exact) mass is 330 g/mol. The maximum atomic E-state index is 9.34. The van der Waals surface area contributed by atoms with Crippen molar-refractivity contribution in [2.24, 2.45) is 4.99 Å². The maximum absolute atomic E-state index is 9.34. The summed E-state index contributed by atoms with van der Waals surface area (Å²) >= 11 is 7.55. The molecular formula is C17H15ClN2OS. The van der Waals surface area contributed by atoms with Crippen LogP contribution in [0.15, 0.2) is 58.9 Å². The summed E-state index contributed by atoms with van der Waals surface area (Å²) in [6, 6.07) is 14.7. The van der Waals surface area contributed by atoms with Crippen LogP contribution in [0.2, 0.25) is 5.02 Å². The van der Waals surface area contributed by atoms with Crippen LogP contribution < -0.4 is 4.80 Å². The molecule has 1 aromatic heterocycles. The highest BCUT2D eigenvalue weighted by molar-refractivity contribution is 7.07. The molecule has 0 radical (unpaired) electrons. The molecule has 0 unspecified atom stereocenters. The molecule has 0 aliphatic heterocycles. The number of hydrogen-bond acceptors (Lipinski definition) is 3. The Morgan fingerprint density at radius 1 is 1.09 bits per heavy atom. The van der Waals surface area contributed by atoms with Crippen LogP contribution in [0.3, 0.4) is 0 Å². The number of nitrogens with zero attached hydrogens (tertiary/aromatic N) is 2. The van der Waals surface area contributed by atoms with E-state index in [1.165, 1.54) is 0 Å². The van der Waals surface area contributed by atoms with E-state index in [0.29, 0.717) is 0 Å². The largest absolute Gasteiger partial charge is 0.508 e. The van der Waals surface area contributed by atoms with Gasteiger partial charge < -0.3 is 9.67 Å². The van der Waals surface area contributed by atoms with E-state index in [1.54, 1.807) is 35.6 Å². The molecule has 0 spiro atoms. The summed E-state index contributed by atoms with van der Waals surface area (Å²) in [5.41, 5.74) is 3.07. The molecule has 3 rings (SSSR count). The normalized spacial score (nSPS) is 11.8. The Balaban J connectivity index is 2.07. The van der Waals surface area contributed by atoms with Crippen molar-refractivity contribution in [3.8, 4) is 17.0 Å². The molecule has 0 saturated carbocycles. The predicted molar refractivity (Wildman–Crippen MR) is 91.8 cm³/mol. The molecule has 3 aromatic rings. The van der Waals surface area contributed by atoms with E-state index in [9.17, 15) is 5.11 Å². The van der Waals surface area contributed by atoms with Crippen molar-refractivity contribution in [3.05, 3.63) is 63.7 Å². The van der Waals surface area contributed by atoms with Gasteiger partial charge in [-0.1, -0.05) is 23.7 Å². The van der Waals surface area contributed by atoms with Gasteiger partial charge in [0.15, 0.2) is 4.80 Å². The molecule has 0 bridgehead atoms. The van der Waals surface area contributed by atoms with Gasteiger partial charge in [0.05, 0.1) is 11.4 Å². The maximum Gasteiger partial charge on any atom is 0.190 e. The summed E-state index contributed by atoms with van der Waals surface area (Å²) in [5, 5.41) is 12.2. The zero-order valence-electron chi connectivity index (χ0n) is 12.0. The van der Waals surface area contributed by atoms with Gasteiger partial charge in [0, 0.05) is 16.9 Å². The Hall–Kier alpha value is -2.04. The number of phenols is 1. The predicted octanol–water partition coefficient (Wildman–Crippen LogP) is 4.83. The van der Waals surface area contributed by atoms with Crippen molar-refractivity contribution in [3.63, 3.8) is 0 Å². The van der Waals surface area contributed by atoms with E-state index in [1.807, 2.05) is 24.3 Å². The number of benzene rings is 2. The van der Waals surface area contributed by atoms with Gasteiger partial charge in [-0.15, -0.1) is 11.3 Å². The zero-order chi connectivity index (χ0) is 15.5. The highest BCUT2D eigenvalue weighted by atomic mass is 35.5. The molecular weight excluding hydrogens is 316 g/mol. The van der Waals surface area contributed by atoms with Crippen LogP contribution in [0, 0.1) is 0 Å². The van der Waals surface area contributed by atoms with Crippen molar-refractivity contribution in [2.45, 2.75) is 13.5 Å². The first-order chi connectivity index (χ1) is 10.7. The van der Waals surface area contributed by atoms with Gasteiger partial charge in [0.1, 0.15) is 5.75 Å². The summed E-state index contributed by atoms with van der Waals surface area (Å²) in [7, 11) is 0. The van der Waals surface area contributed by atoms with Gasteiger partial charge in [-0.05, 0) is 48.9 Å². The molecule has 0 saturated heterocycles. The number of halogens is 1. The minimum absolute atomic E-state index is 0.246. The lowest BCUT2D eigenvalue weighted by Gasteiger charge is -2.06. The first-order valence-corrected chi connectivity index (χ1v) is 8.21. The van der Waals surface area contributed by atoms with Crippen LogP contribution in [0.25, 0.3) is 11.3 Å². The lowest BCUT2D eigenvalue weighted by Crippen LogP contribution is -2.14. The molecule has 2 aromatic carbocycles. The molecule has 0 atom stereocenters. The number of rotatable bonds is 3. The third-order valence-electron chi connectivity index (χ3n) is 3.33. The van der Waals surface area contributed by atoms with Crippen LogP contribution in [0.5, 0.6) is 5.75 Å². The Morgan fingerprint density at radius 2 is 1.77 bits per heavy atom. The van der Waals surface area contributed by atoms with Crippen LogP contribution in [-0.4, -0.2) is 9.67 Å². The minimum atomic E-state index is 0.246. The third-order valence-corrected chi connectivity index (χ3v) is 4.44. The van der Waals surface area contributed by atoms with E-state index in [4.69, 9.17) is 11.6 Å². The first-order valence-electron chi connectivity index (χ1n) is 6.95. The molecule has 1 N–H and O–H groups in total. The van der Waals surface area contributed by atoms with E-state index in [-0.39, 0.29) is 5.75 Å². The summed E-state index contributed by atoms with van der Waals surface area (Å²) < 4.78 is 2.17. The Labute approximate surface area is 137 Å². The second-order valence-corrected chi connectivity index (χ2v) is 6.06. The lowest BCUT2D eigenvalue weighted by molar-refractivity contribution is 0.475. The average Bonchev–Trinajstić information content (AvgIpc) is 2.93. The number of thiazole rings is 1. The lowest BCUT2D eigenvalue weighted by atomic mass is 10.2. The fourth-order valence-electron chi connectivity index (χ4n) is 2.21. The highest BCUT2D eigenvalue weighted by Crippen LogP contribution is 2.23. The zero-order valence-corrected chi connectivity index (χ0v) is 13.6. The second kappa shape index (κ2) is 6.38. The van der Waals surface area contributed by atoms with Gasteiger partial charge in [0.25, 0.3) is 0 Å². The van der Waals surface area contributed by atoms with Gasteiger partial charge in [0.2, 0.25) is 0 Å². The Bertz CT molecular complexity index is 832. The molecule has 0 fully saturated rings. The van der Waals surface area contributed by atoms with Crippen LogP contribution in [0.4, 0.5) is 5.69 Å². The van der Waals surface area contributed by atoms with Gasteiger partial charge in [-0.2, -0.15) is 0 Å². The van der Waals surface area contributed by atoms with Crippen molar-refractivity contribution in [1.29, 1.82) is 0 Å². The molecule has 1 heterocycles. The number of aromatic nitrogens is 1. The van der Waals surface area contributed by atoms with Crippen molar-refractivity contribution in [2.75, 3.05) is 0 Å². The number of hydrogen-bond donors (Lipinski definition) is 1. The van der Waals surface area contributed by atoms with E-state index < -0.39 is 0 Å². The molecule has 0 amide bonds. The minimum Gasteiger partial charge on any atom is -0.508 e.